The summed E-state index contributed by atoms with van der Waals surface area (Å²) in [6.07, 6.45) is 0.136. The molecule has 0 aromatic carbocycles. The molecule has 3 nitrogen and oxygen atoms in total. The lowest BCUT2D eigenvalue weighted by molar-refractivity contribution is 0.221. The highest BCUT2D eigenvalue weighted by atomic mass is 16.5. The highest BCUT2D eigenvalue weighted by Crippen LogP contribution is 2.09. The van der Waals surface area contributed by atoms with Crippen molar-refractivity contribution in [1.82, 2.24) is 0 Å². The lowest BCUT2D eigenvalue weighted by Crippen LogP contribution is -2.24. The number of hydrogen-bond donors (Lipinski definition) is 1. The molecule has 0 saturated heterocycles. The Balaban J connectivity index is 2.39. The van der Waals surface area contributed by atoms with E-state index in [-0.39, 0.29) is 6.10 Å². The van der Waals surface area contributed by atoms with Gasteiger partial charge in [0, 0.05) is 12.5 Å². The third-order valence-corrected chi connectivity index (χ3v) is 1.49. The number of nitrogens with two attached hydrogens (primary N) is 1. The number of nitrogens with zero attached hydrogens (tertiary/aromatic N) is 1. The van der Waals surface area contributed by atoms with E-state index in [2.05, 4.69) is 18.8 Å². The molecule has 0 saturated carbocycles. The third kappa shape index (κ3) is 1.48. The molecular weight excluding hydrogens is 128 g/mol. The van der Waals surface area contributed by atoms with Crippen molar-refractivity contribution in [1.29, 1.82) is 0 Å². The minimum atomic E-state index is 0.136. The topological polar surface area (TPSA) is 47.6 Å². The van der Waals surface area contributed by atoms with E-state index in [9.17, 15) is 0 Å². The van der Waals surface area contributed by atoms with Crippen molar-refractivity contribution in [2.75, 3.05) is 13.1 Å². The summed E-state index contributed by atoms with van der Waals surface area (Å²) in [4.78, 5) is 4.20. The maximum Gasteiger partial charge on any atom is 0.186 e. The highest BCUT2D eigenvalue weighted by molar-refractivity contribution is 5.79. The molecule has 0 fully saturated rings. The Bertz CT molecular complexity index is 143. The number of hydrogen-bond acceptors (Lipinski definition) is 3. The average molecular weight is 142 g/mol. The summed E-state index contributed by atoms with van der Waals surface area (Å²) in [5, 5.41) is 0. The van der Waals surface area contributed by atoms with Gasteiger partial charge in [0.15, 0.2) is 5.90 Å². The second kappa shape index (κ2) is 3.01. The van der Waals surface area contributed by atoms with Gasteiger partial charge in [-0.1, -0.05) is 13.8 Å². The van der Waals surface area contributed by atoms with Crippen LogP contribution < -0.4 is 5.73 Å². The Morgan fingerprint density at radius 1 is 1.80 bits per heavy atom. The Morgan fingerprint density at radius 3 is 2.80 bits per heavy atom. The van der Waals surface area contributed by atoms with Crippen molar-refractivity contribution in [2.45, 2.75) is 20.0 Å². The zero-order valence-corrected chi connectivity index (χ0v) is 6.50. The van der Waals surface area contributed by atoms with Crippen molar-refractivity contribution in [3.05, 3.63) is 0 Å². The van der Waals surface area contributed by atoms with Gasteiger partial charge in [-0.05, 0) is 0 Å². The predicted octanol–water partition coefficient (Wildman–Crippen LogP) is 0.398. The molecule has 1 heterocycles. The molecule has 0 aromatic heterocycles. The summed E-state index contributed by atoms with van der Waals surface area (Å²) in [5.41, 5.74) is 5.40. The molecule has 1 atom stereocenters. The van der Waals surface area contributed by atoms with Crippen LogP contribution >= 0.6 is 0 Å². The molecule has 0 bridgehead atoms. The first kappa shape index (κ1) is 7.54. The molecule has 1 aliphatic heterocycles. The molecule has 0 aromatic rings. The van der Waals surface area contributed by atoms with Gasteiger partial charge in [0.2, 0.25) is 0 Å². The van der Waals surface area contributed by atoms with E-state index in [0.717, 1.165) is 12.4 Å². The Labute approximate surface area is 61.3 Å². The molecule has 3 heteroatoms. The molecule has 1 aliphatic rings. The first-order chi connectivity index (χ1) is 4.74. The van der Waals surface area contributed by atoms with Gasteiger partial charge in [-0.25, -0.2) is 0 Å². The smallest absolute Gasteiger partial charge is 0.186 e. The van der Waals surface area contributed by atoms with Gasteiger partial charge in [-0.3, -0.25) is 4.99 Å². The number of aliphatic imine (C=N–C) groups is 1. The van der Waals surface area contributed by atoms with E-state index in [4.69, 9.17) is 10.5 Å². The summed E-state index contributed by atoms with van der Waals surface area (Å²) < 4.78 is 5.40. The SMILES string of the molecule is CC(C)C1=NCC(CN)O1. The molecule has 10 heavy (non-hydrogen) atoms. The quantitative estimate of drug-likeness (QED) is 0.606. The van der Waals surface area contributed by atoms with E-state index >= 15 is 0 Å². The van der Waals surface area contributed by atoms with Crippen LogP contribution in [0.15, 0.2) is 4.99 Å². The van der Waals surface area contributed by atoms with Gasteiger partial charge in [0.1, 0.15) is 6.10 Å². The van der Waals surface area contributed by atoms with E-state index in [1.54, 1.807) is 0 Å². The summed E-state index contributed by atoms with van der Waals surface area (Å²) in [6.45, 7) is 5.44. The first-order valence-corrected chi connectivity index (χ1v) is 3.65. The predicted molar refractivity (Wildman–Crippen MR) is 41.1 cm³/mol. The zero-order valence-electron chi connectivity index (χ0n) is 6.50. The van der Waals surface area contributed by atoms with Crippen LogP contribution in [0.25, 0.3) is 0 Å². The molecule has 0 spiro atoms. The molecule has 2 N–H and O–H groups in total. The largest absolute Gasteiger partial charge is 0.474 e. The molecule has 58 valence electrons. The molecule has 0 aliphatic carbocycles. The Morgan fingerprint density at radius 2 is 2.50 bits per heavy atom. The summed E-state index contributed by atoms with van der Waals surface area (Å²) >= 11 is 0. The first-order valence-electron chi connectivity index (χ1n) is 3.65. The van der Waals surface area contributed by atoms with Crippen molar-refractivity contribution in [3.8, 4) is 0 Å². The fraction of sp³-hybridized carbons (Fsp3) is 0.857. The zero-order chi connectivity index (χ0) is 7.56. The van der Waals surface area contributed by atoms with Crippen LogP contribution in [0.4, 0.5) is 0 Å². The monoisotopic (exact) mass is 142 g/mol. The standard InChI is InChI=1S/C7H14N2O/c1-5(2)7-9-4-6(3-8)10-7/h5-6H,3-4,8H2,1-2H3. The van der Waals surface area contributed by atoms with Crippen LogP contribution in [-0.4, -0.2) is 25.1 Å². The fourth-order valence-electron chi connectivity index (χ4n) is 0.878. The van der Waals surface area contributed by atoms with Crippen LogP contribution in [0, 0.1) is 5.92 Å². The van der Waals surface area contributed by atoms with Crippen molar-refractivity contribution >= 4 is 5.90 Å². The molecule has 0 radical (unpaired) electrons. The van der Waals surface area contributed by atoms with Crippen molar-refractivity contribution in [2.24, 2.45) is 16.6 Å². The average Bonchev–Trinajstić information content (AvgIpc) is 2.34. The minimum Gasteiger partial charge on any atom is -0.474 e. The van der Waals surface area contributed by atoms with Gasteiger partial charge in [-0.2, -0.15) is 0 Å². The maximum absolute atomic E-state index is 5.40. The summed E-state index contributed by atoms with van der Waals surface area (Å²) in [7, 11) is 0. The number of ether oxygens (including phenoxy) is 1. The van der Waals surface area contributed by atoms with Crippen LogP contribution in [-0.2, 0) is 4.74 Å². The Kier molecular flexibility index (Phi) is 2.27. The highest BCUT2D eigenvalue weighted by Gasteiger charge is 2.19. The molecular formula is C7H14N2O. The fourth-order valence-corrected chi connectivity index (χ4v) is 0.878. The van der Waals surface area contributed by atoms with Gasteiger partial charge in [0.05, 0.1) is 6.54 Å². The number of rotatable bonds is 2. The van der Waals surface area contributed by atoms with Crippen LogP contribution in [0.2, 0.25) is 0 Å². The van der Waals surface area contributed by atoms with E-state index in [0.29, 0.717) is 12.5 Å². The third-order valence-electron chi connectivity index (χ3n) is 1.49. The van der Waals surface area contributed by atoms with Gasteiger partial charge in [-0.15, -0.1) is 0 Å². The molecule has 0 amide bonds. The Hall–Kier alpha value is -0.570. The molecule has 1 unspecified atom stereocenters. The second-order valence-electron chi connectivity index (χ2n) is 2.81. The van der Waals surface area contributed by atoms with E-state index in [1.807, 2.05) is 0 Å². The van der Waals surface area contributed by atoms with Crippen LogP contribution in [0.5, 0.6) is 0 Å². The minimum absolute atomic E-state index is 0.136. The molecule has 1 rings (SSSR count). The van der Waals surface area contributed by atoms with Crippen LogP contribution in [0.3, 0.4) is 0 Å². The normalized spacial score (nSPS) is 24.8. The van der Waals surface area contributed by atoms with Gasteiger partial charge in [0.25, 0.3) is 0 Å². The van der Waals surface area contributed by atoms with Gasteiger partial charge >= 0.3 is 0 Å². The maximum atomic E-state index is 5.40. The van der Waals surface area contributed by atoms with Crippen molar-refractivity contribution in [3.63, 3.8) is 0 Å². The summed E-state index contributed by atoms with van der Waals surface area (Å²) in [5.74, 6) is 1.26. The van der Waals surface area contributed by atoms with E-state index < -0.39 is 0 Å². The van der Waals surface area contributed by atoms with Crippen molar-refractivity contribution < 1.29 is 4.74 Å². The van der Waals surface area contributed by atoms with Gasteiger partial charge < -0.3 is 10.5 Å². The second-order valence-corrected chi connectivity index (χ2v) is 2.81. The van der Waals surface area contributed by atoms with Crippen LogP contribution in [0.1, 0.15) is 13.8 Å². The van der Waals surface area contributed by atoms with E-state index in [1.165, 1.54) is 0 Å². The lowest BCUT2D eigenvalue weighted by Gasteiger charge is -2.09. The summed E-state index contributed by atoms with van der Waals surface area (Å²) in [6, 6.07) is 0. The lowest BCUT2D eigenvalue weighted by atomic mass is 10.2.